The number of hydrogen-bond donors (Lipinski definition) is 1. The van der Waals surface area contributed by atoms with Crippen LogP contribution in [0.25, 0.3) is 16.9 Å². The third kappa shape index (κ3) is 4.01. The van der Waals surface area contributed by atoms with Gasteiger partial charge in [-0.15, -0.1) is 0 Å². The molecule has 180 valence electrons. The van der Waals surface area contributed by atoms with Crippen LogP contribution in [-0.2, 0) is 0 Å². The highest BCUT2D eigenvalue weighted by molar-refractivity contribution is 5.68. The molecule has 0 amide bonds. The SMILES string of the molecule is CC(C)N1CC2CC1CN2c1nc(-c2ccnc(N[C@@H](C)c3ccc(F)cc3)c2)cc2nccn12. The molecule has 3 atom stereocenters. The number of imidazole rings is 1. The monoisotopic (exact) mass is 471 g/mol. The molecule has 2 fully saturated rings. The second kappa shape index (κ2) is 8.61. The zero-order valence-corrected chi connectivity index (χ0v) is 20.3. The van der Waals surface area contributed by atoms with Crippen LogP contribution in [-0.4, -0.2) is 55.5 Å². The van der Waals surface area contributed by atoms with Crippen molar-refractivity contribution in [2.24, 2.45) is 0 Å². The number of halogens is 1. The molecule has 5 heterocycles. The van der Waals surface area contributed by atoms with Crippen molar-refractivity contribution in [3.05, 3.63) is 72.4 Å². The van der Waals surface area contributed by atoms with Crippen molar-refractivity contribution in [2.75, 3.05) is 23.3 Å². The van der Waals surface area contributed by atoms with E-state index < -0.39 is 0 Å². The average Bonchev–Trinajstić information content (AvgIpc) is 3.60. The van der Waals surface area contributed by atoms with Crippen LogP contribution in [0.3, 0.4) is 0 Å². The predicted octanol–water partition coefficient (Wildman–Crippen LogP) is 4.77. The molecule has 1 N–H and O–H groups in total. The van der Waals surface area contributed by atoms with E-state index in [2.05, 4.69) is 43.3 Å². The van der Waals surface area contributed by atoms with Crippen LogP contribution in [0.15, 0.2) is 61.1 Å². The summed E-state index contributed by atoms with van der Waals surface area (Å²) in [6.07, 6.45) is 6.82. The van der Waals surface area contributed by atoms with Crippen LogP contribution in [0.5, 0.6) is 0 Å². The molecule has 6 rings (SSSR count). The summed E-state index contributed by atoms with van der Waals surface area (Å²) in [5, 5.41) is 3.43. The zero-order chi connectivity index (χ0) is 24.1. The summed E-state index contributed by atoms with van der Waals surface area (Å²) in [6.45, 7) is 8.67. The Bertz CT molecular complexity index is 1350. The van der Waals surface area contributed by atoms with Crippen molar-refractivity contribution in [3.8, 4) is 11.3 Å². The Balaban J connectivity index is 1.30. The molecule has 2 unspecified atom stereocenters. The van der Waals surface area contributed by atoms with Crippen LogP contribution >= 0.6 is 0 Å². The number of pyridine rings is 1. The minimum Gasteiger partial charge on any atom is -0.364 e. The van der Waals surface area contributed by atoms with E-state index in [-0.39, 0.29) is 11.9 Å². The van der Waals surface area contributed by atoms with Gasteiger partial charge in [0.1, 0.15) is 17.3 Å². The van der Waals surface area contributed by atoms with E-state index in [4.69, 9.17) is 4.98 Å². The molecule has 4 aromatic rings. The summed E-state index contributed by atoms with van der Waals surface area (Å²) in [6, 6.07) is 14.2. The second-order valence-electron chi connectivity index (χ2n) is 9.93. The molecule has 1 aromatic carbocycles. The van der Waals surface area contributed by atoms with Gasteiger partial charge in [-0.05, 0) is 57.0 Å². The van der Waals surface area contributed by atoms with Crippen LogP contribution in [0, 0.1) is 5.82 Å². The molecule has 7 nitrogen and oxygen atoms in total. The van der Waals surface area contributed by atoms with Gasteiger partial charge in [0.05, 0.1) is 5.69 Å². The van der Waals surface area contributed by atoms with Gasteiger partial charge in [-0.3, -0.25) is 9.30 Å². The number of anilines is 2. The molecule has 0 saturated carbocycles. The van der Waals surface area contributed by atoms with Crippen LogP contribution in [0.2, 0.25) is 0 Å². The van der Waals surface area contributed by atoms with Gasteiger partial charge in [-0.1, -0.05) is 12.1 Å². The molecular weight excluding hydrogens is 441 g/mol. The number of likely N-dealkylation sites (tertiary alicyclic amines) is 1. The Morgan fingerprint density at radius 2 is 1.80 bits per heavy atom. The summed E-state index contributed by atoms with van der Waals surface area (Å²) in [5.74, 6) is 1.47. The summed E-state index contributed by atoms with van der Waals surface area (Å²) in [5.41, 5.74) is 3.74. The quantitative estimate of drug-likeness (QED) is 0.437. The number of hydrogen-bond acceptors (Lipinski definition) is 6. The summed E-state index contributed by atoms with van der Waals surface area (Å²) in [4.78, 5) is 19.3. The number of piperazine rings is 1. The van der Waals surface area contributed by atoms with Crippen molar-refractivity contribution in [2.45, 2.75) is 51.4 Å². The smallest absolute Gasteiger partial charge is 0.212 e. The first-order chi connectivity index (χ1) is 17.0. The fraction of sp³-hybridized carbons (Fsp3) is 0.370. The molecule has 35 heavy (non-hydrogen) atoms. The molecule has 3 aromatic heterocycles. The Hall–Kier alpha value is -3.52. The van der Waals surface area contributed by atoms with Crippen LogP contribution in [0.1, 0.15) is 38.8 Å². The summed E-state index contributed by atoms with van der Waals surface area (Å²) >= 11 is 0. The number of nitrogens with zero attached hydrogens (tertiary/aromatic N) is 6. The van der Waals surface area contributed by atoms with Crippen LogP contribution in [0.4, 0.5) is 16.2 Å². The Kier molecular flexibility index (Phi) is 5.40. The van der Waals surface area contributed by atoms with Crippen molar-refractivity contribution >= 4 is 17.4 Å². The normalized spacial score (nSPS) is 20.8. The maximum atomic E-state index is 13.3. The van der Waals surface area contributed by atoms with Gasteiger partial charge >= 0.3 is 0 Å². The van der Waals surface area contributed by atoms with E-state index >= 15 is 0 Å². The van der Waals surface area contributed by atoms with E-state index in [1.807, 2.05) is 37.5 Å². The van der Waals surface area contributed by atoms with Gasteiger partial charge in [-0.2, -0.15) is 0 Å². The number of nitrogens with one attached hydrogen (secondary N) is 1. The maximum absolute atomic E-state index is 13.3. The third-order valence-electron chi connectivity index (χ3n) is 7.36. The number of rotatable bonds is 6. The van der Waals surface area contributed by atoms with Gasteiger partial charge in [0.15, 0.2) is 0 Å². The summed E-state index contributed by atoms with van der Waals surface area (Å²) in [7, 11) is 0. The van der Waals surface area contributed by atoms with Gasteiger partial charge in [0, 0.05) is 67.5 Å². The van der Waals surface area contributed by atoms with E-state index in [1.165, 1.54) is 18.6 Å². The minimum atomic E-state index is -0.236. The molecule has 0 aliphatic carbocycles. The third-order valence-corrected chi connectivity index (χ3v) is 7.36. The summed E-state index contributed by atoms with van der Waals surface area (Å²) < 4.78 is 15.4. The fourth-order valence-corrected chi connectivity index (χ4v) is 5.56. The molecule has 0 radical (unpaired) electrons. The highest BCUT2D eigenvalue weighted by Crippen LogP contribution is 2.36. The fourth-order valence-electron chi connectivity index (χ4n) is 5.56. The van der Waals surface area contributed by atoms with Crippen molar-refractivity contribution < 1.29 is 4.39 Å². The van der Waals surface area contributed by atoms with Gasteiger partial charge in [0.25, 0.3) is 0 Å². The molecule has 8 heteroatoms. The first kappa shape index (κ1) is 22.0. The average molecular weight is 472 g/mol. The first-order valence-electron chi connectivity index (χ1n) is 12.3. The minimum absolute atomic E-state index is 0.0132. The topological polar surface area (TPSA) is 61.6 Å². The molecule has 2 aliphatic heterocycles. The van der Waals surface area contributed by atoms with E-state index in [9.17, 15) is 4.39 Å². The maximum Gasteiger partial charge on any atom is 0.212 e. The lowest BCUT2D eigenvalue weighted by atomic mass is 10.1. The Morgan fingerprint density at radius 3 is 2.54 bits per heavy atom. The molecule has 2 bridgehead atoms. The molecule has 2 aliphatic rings. The molecule has 0 spiro atoms. The van der Waals surface area contributed by atoms with Crippen molar-refractivity contribution in [1.82, 2.24) is 24.3 Å². The van der Waals surface area contributed by atoms with E-state index in [0.29, 0.717) is 18.1 Å². The lowest BCUT2D eigenvalue weighted by Crippen LogP contribution is -2.49. The number of aromatic nitrogens is 4. The number of benzene rings is 1. The lowest BCUT2D eigenvalue weighted by Gasteiger charge is -2.37. The standard InChI is InChI=1S/C27H30FN7/c1-17(2)34-15-23-13-22(34)16-35(23)27-32-24(14-26-30-10-11-33(26)27)20-8-9-29-25(12-20)31-18(3)19-4-6-21(28)7-5-19/h4-12,14,17-18,22-23H,13,15-16H2,1-3H3,(H,29,31)/t18-,22?,23?/m0/s1. The van der Waals surface area contributed by atoms with E-state index in [1.54, 1.807) is 18.3 Å². The molecule has 2 saturated heterocycles. The van der Waals surface area contributed by atoms with E-state index in [0.717, 1.165) is 47.3 Å². The predicted molar refractivity (Wildman–Crippen MR) is 136 cm³/mol. The largest absolute Gasteiger partial charge is 0.364 e. The van der Waals surface area contributed by atoms with Gasteiger partial charge < -0.3 is 10.2 Å². The van der Waals surface area contributed by atoms with Gasteiger partial charge in [-0.25, -0.2) is 19.3 Å². The first-order valence-corrected chi connectivity index (χ1v) is 12.3. The Morgan fingerprint density at radius 1 is 0.971 bits per heavy atom. The van der Waals surface area contributed by atoms with Gasteiger partial charge in [0.2, 0.25) is 5.95 Å². The zero-order valence-electron chi connectivity index (χ0n) is 20.3. The lowest BCUT2D eigenvalue weighted by molar-refractivity contribution is 0.190. The van der Waals surface area contributed by atoms with Crippen LogP contribution < -0.4 is 10.2 Å². The second-order valence-corrected chi connectivity index (χ2v) is 9.93. The molecular formula is C27H30FN7. The highest BCUT2D eigenvalue weighted by Gasteiger charge is 2.45. The Labute approximate surface area is 204 Å². The van der Waals surface area contributed by atoms with Crippen molar-refractivity contribution in [3.63, 3.8) is 0 Å². The van der Waals surface area contributed by atoms with Crippen molar-refractivity contribution in [1.29, 1.82) is 0 Å². The number of fused-ring (bicyclic) bond motifs is 3. The highest BCUT2D eigenvalue weighted by atomic mass is 19.1.